The molecule has 2 heteroatoms. The third-order valence-electron chi connectivity index (χ3n) is 3.57. The summed E-state index contributed by atoms with van der Waals surface area (Å²) in [7, 11) is 0. The highest BCUT2D eigenvalue weighted by atomic mass is 16.3. The second kappa shape index (κ2) is 5.48. The average molecular weight is 231 g/mol. The molecule has 17 heavy (non-hydrogen) atoms. The van der Waals surface area contributed by atoms with Crippen molar-refractivity contribution >= 4 is 0 Å². The van der Waals surface area contributed by atoms with Crippen LogP contribution in [0.2, 0.25) is 0 Å². The Morgan fingerprint density at radius 3 is 2.71 bits per heavy atom. The zero-order chi connectivity index (χ0) is 12.3. The molecule has 1 aliphatic heterocycles. The van der Waals surface area contributed by atoms with Crippen LogP contribution in [0.1, 0.15) is 18.9 Å². The van der Waals surface area contributed by atoms with Crippen LogP contribution < -0.4 is 5.32 Å². The van der Waals surface area contributed by atoms with Crippen molar-refractivity contribution in [3.8, 4) is 0 Å². The Balaban J connectivity index is 1.92. The summed E-state index contributed by atoms with van der Waals surface area (Å²) in [5.41, 5.74) is 2.40. The molecule has 92 valence electrons. The highest BCUT2D eigenvalue weighted by Gasteiger charge is 2.28. The summed E-state index contributed by atoms with van der Waals surface area (Å²) in [5.74, 6) is 0.210. The van der Waals surface area contributed by atoms with Gasteiger partial charge in [0.1, 0.15) is 0 Å². The third-order valence-corrected chi connectivity index (χ3v) is 3.57. The Labute approximate surface area is 103 Å². The second-order valence-corrected chi connectivity index (χ2v) is 5.05. The molecule has 2 rings (SSSR count). The summed E-state index contributed by atoms with van der Waals surface area (Å²) in [6, 6.07) is 10.8. The van der Waals surface area contributed by atoms with E-state index in [0.29, 0.717) is 6.04 Å². The van der Waals surface area contributed by atoms with Crippen molar-refractivity contribution in [2.45, 2.75) is 31.9 Å². The van der Waals surface area contributed by atoms with Crippen LogP contribution in [0.4, 0.5) is 0 Å². The molecule has 1 aliphatic rings. The molecule has 1 aromatic rings. The van der Waals surface area contributed by atoms with Crippen molar-refractivity contribution in [1.82, 2.24) is 5.32 Å². The fourth-order valence-corrected chi connectivity index (χ4v) is 2.53. The molecule has 0 bridgehead atoms. The van der Waals surface area contributed by atoms with Crippen LogP contribution in [0, 0.1) is 5.92 Å². The van der Waals surface area contributed by atoms with E-state index in [1.165, 1.54) is 5.56 Å². The van der Waals surface area contributed by atoms with Gasteiger partial charge in [0.2, 0.25) is 0 Å². The van der Waals surface area contributed by atoms with Gasteiger partial charge in [-0.05, 0) is 25.3 Å². The molecule has 2 nitrogen and oxygen atoms in total. The van der Waals surface area contributed by atoms with Gasteiger partial charge in [-0.15, -0.1) is 0 Å². The summed E-state index contributed by atoms with van der Waals surface area (Å²) in [6.07, 6.45) is 1.55. The van der Waals surface area contributed by atoms with Crippen LogP contribution in [0.5, 0.6) is 0 Å². The second-order valence-electron chi connectivity index (χ2n) is 5.05. The van der Waals surface area contributed by atoms with Crippen molar-refractivity contribution in [2.75, 3.05) is 6.54 Å². The number of aliphatic hydroxyl groups is 1. The molecule has 0 aliphatic carbocycles. The number of hydrogen-bond acceptors (Lipinski definition) is 2. The van der Waals surface area contributed by atoms with Gasteiger partial charge in [0, 0.05) is 18.5 Å². The number of rotatable bonds is 3. The lowest BCUT2D eigenvalue weighted by atomic mass is 9.85. The van der Waals surface area contributed by atoms with Crippen LogP contribution in [0.25, 0.3) is 0 Å². The van der Waals surface area contributed by atoms with Gasteiger partial charge in [-0.1, -0.05) is 42.5 Å². The standard InChI is InChI=1S/C15H21NO/c1-11(2)14-10-16-13(9-15(14)17)8-12-6-4-3-5-7-12/h3-7,13-17H,1,8-10H2,2H3/t13-,14+,15-/m0/s1. The predicted octanol–water partition coefficient (Wildman–Crippen LogP) is 2.14. The number of piperidine rings is 1. The first-order chi connectivity index (χ1) is 8.16. The molecule has 1 heterocycles. The number of benzene rings is 1. The summed E-state index contributed by atoms with van der Waals surface area (Å²) in [6.45, 7) is 6.77. The molecule has 0 radical (unpaired) electrons. The van der Waals surface area contributed by atoms with E-state index in [1.54, 1.807) is 0 Å². The lowest BCUT2D eigenvalue weighted by Crippen LogP contribution is -2.47. The molecule has 3 atom stereocenters. The van der Waals surface area contributed by atoms with Crippen molar-refractivity contribution in [3.05, 3.63) is 48.0 Å². The SMILES string of the molecule is C=C(C)[C@H]1CN[C@@H](Cc2ccccc2)C[C@@H]1O. The maximum atomic E-state index is 10.1. The minimum atomic E-state index is -0.248. The van der Waals surface area contributed by atoms with Crippen molar-refractivity contribution in [2.24, 2.45) is 5.92 Å². The molecule has 1 aromatic carbocycles. The number of hydrogen-bond donors (Lipinski definition) is 2. The van der Waals surface area contributed by atoms with E-state index in [2.05, 4.69) is 36.2 Å². The highest BCUT2D eigenvalue weighted by Crippen LogP contribution is 2.22. The van der Waals surface area contributed by atoms with Gasteiger partial charge in [0.15, 0.2) is 0 Å². The van der Waals surface area contributed by atoms with Gasteiger partial charge in [-0.25, -0.2) is 0 Å². The smallest absolute Gasteiger partial charge is 0.0632 e. The lowest BCUT2D eigenvalue weighted by molar-refractivity contribution is 0.0769. The minimum Gasteiger partial charge on any atom is -0.392 e. The Morgan fingerprint density at radius 1 is 1.41 bits per heavy atom. The maximum Gasteiger partial charge on any atom is 0.0632 e. The number of aliphatic hydroxyl groups excluding tert-OH is 1. The average Bonchev–Trinajstić information content (AvgIpc) is 2.30. The molecule has 0 amide bonds. The third kappa shape index (κ3) is 3.18. The van der Waals surface area contributed by atoms with Gasteiger partial charge < -0.3 is 10.4 Å². The zero-order valence-corrected chi connectivity index (χ0v) is 10.4. The quantitative estimate of drug-likeness (QED) is 0.781. The van der Waals surface area contributed by atoms with E-state index in [0.717, 1.165) is 25.0 Å². The van der Waals surface area contributed by atoms with Gasteiger partial charge in [-0.2, -0.15) is 0 Å². The van der Waals surface area contributed by atoms with Crippen LogP contribution in [-0.4, -0.2) is 23.8 Å². The zero-order valence-electron chi connectivity index (χ0n) is 10.4. The Kier molecular flexibility index (Phi) is 3.97. The first-order valence-corrected chi connectivity index (χ1v) is 6.27. The van der Waals surface area contributed by atoms with E-state index in [-0.39, 0.29) is 12.0 Å². The summed E-state index contributed by atoms with van der Waals surface area (Å²) in [5, 5.41) is 13.6. The maximum absolute atomic E-state index is 10.1. The molecule has 1 saturated heterocycles. The van der Waals surface area contributed by atoms with Crippen molar-refractivity contribution < 1.29 is 5.11 Å². The van der Waals surface area contributed by atoms with Gasteiger partial charge in [0.05, 0.1) is 6.10 Å². The molecule has 1 fully saturated rings. The van der Waals surface area contributed by atoms with Crippen molar-refractivity contribution in [3.63, 3.8) is 0 Å². The molecule has 0 unspecified atom stereocenters. The Bertz CT molecular complexity index is 374. The van der Waals surface area contributed by atoms with Crippen molar-refractivity contribution in [1.29, 1.82) is 0 Å². The summed E-state index contributed by atoms with van der Waals surface area (Å²) < 4.78 is 0. The normalized spacial score (nSPS) is 28.9. The van der Waals surface area contributed by atoms with Crippen LogP contribution in [0.3, 0.4) is 0 Å². The fourth-order valence-electron chi connectivity index (χ4n) is 2.53. The monoisotopic (exact) mass is 231 g/mol. The molecule has 2 N–H and O–H groups in total. The summed E-state index contributed by atoms with van der Waals surface area (Å²) in [4.78, 5) is 0. The molecule has 0 saturated carbocycles. The highest BCUT2D eigenvalue weighted by molar-refractivity contribution is 5.16. The van der Waals surface area contributed by atoms with Gasteiger partial charge in [0.25, 0.3) is 0 Å². The largest absolute Gasteiger partial charge is 0.392 e. The van der Waals surface area contributed by atoms with Crippen LogP contribution >= 0.6 is 0 Å². The molecular formula is C15H21NO. The van der Waals surface area contributed by atoms with E-state index >= 15 is 0 Å². The topological polar surface area (TPSA) is 32.3 Å². The van der Waals surface area contributed by atoms with Crippen LogP contribution in [-0.2, 0) is 6.42 Å². The van der Waals surface area contributed by atoms with E-state index < -0.39 is 0 Å². The van der Waals surface area contributed by atoms with E-state index in [1.807, 2.05) is 13.0 Å². The number of nitrogens with one attached hydrogen (secondary N) is 1. The predicted molar refractivity (Wildman–Crippen MR) is 70.9 cm³/mol. The van der Waals surface area contributed by atoms with Gasteiger partial charge >= 0.3 is 0 Å². The first kappa shape index (κ1) is 12.3. The Morgan fingerprint density at radius 2 is 2.12 bits per heavy atom. The molecular weight excluding hydrogens is 210 g/mol. The minimum absolute atomic E-state index is 0.210. The summed E-state index contributed by atoms with van der Waals surface area (Å²) >= 11 is 0. The van der Waals surface area contributed by atoms with Gasteiger partial charge in [-0.3, -0.25) is 0 Å². The first-order valence-electron chi connectivity index (χ1n) is 6.27. The molecule has 0 spiro atoms. The molecule has 0 aromatic heterocycles. The lowest BCUT2D eigenvalue weighted by Gasteiger charge is -2.34. The fraction of sp³-hybridized carbons (Fsp3) is 0.467. The van der Waals surface area contributed by atoms with Crippen LogP contribution in [0.15, 0.2) is 42.5 Å². The van der Waals surface area contributed by atoms with E-state index in [4.69, 9.17) is 0 Å². The Hall–Kier alpha value is -1.12. The van der Waals surface area contributed by atoms with E-state index in [9.17, 15) is 5.11 Å².